The quantitative estimate of drug-likeness (QED) is 0.487. The number of carbonyl (C=O) groups excluding carboxylic acids is 1. The van der Waals surface area contributed by atoms with Crippen molar-refractivity contribution in [2.24, 2.45) is 0 Å². The van der Waals surface area contributed by atoms with Gasteiger partial charge in [0.05, 0.1) is 24.4 Å². The molecule has 1 N–H and O–H groups in total. The number of ether oxygens (including phenoxy) is 2. The SMILES string of the molecule is COCCOc1ccc(C(F)(F)F)cc1NCC(=O)N1CCN(c2ccc(F)cc2)CC1. The van der Waals surface area contributed by atoms with Crippen LogP contribution in [-0.4, -0.2) is 63.9 Å². The number of piperazine rings is 1. The molecule has 0 bridgehead atoms. The Labute approximate surface area is 183 Å². The Morgan fingerprint density at radius 2 is 1.72 bits per heavy atom. The highest BCUT2D eigenvalue weighted by molar-refractivity contribution is 5.82. The van der Waals surface area contributed by atoms with Gasteiger partial charge in [0.1, 0.15) is 18.2 Å². The smallest absolute Gasteiger partial charge is 0.416 e. The number of amides is 1. The third kappa shape index (κ3) is 6.25. The molecule has 0 saturated carbocycles. The summed E-state index contributed by atoms with van der Waals surface area (Å²) in [5.41, 5.74) is 0.132. The fraction of sp³-hybridized carbons (Fsp3) is 0.409. The van der Waals surface area contributed by atoms with E-state index in [1.807, 2.05) is 4.90 Å². The molecule has 1 saturated heterocycles. The summed E-state index contributed by atoms with van der Waals surface area (Å²) in [6, 6.07) is 9.25. The maximum absolute atomic E-state index is 13.1. The molecular weight excluding hydrogens is 430 g/mol. The van der Waals surface area contributed by atoms with Gasteiger partial charge in [0.25, 0.3) is 0 Å². The van der Waals surface area contributed by atoms with Crippen molar-refractivity contribution in [3.63, 3.8) is 0 Å². The molecule has 2 aromatic carbocycles. The third-order valence-electron chi connectivity index (χ3n) is 5.11. The van der Waals surface area contributed by atoms with Gasteiger partial charge in [-0.25, -0.2) is 4.39 Å². The lowest BCUT2D eigenvalue weighted by atomic mass is 10.1. The highest BCUT2D eigenvalue weighted by Gasteiger charge is 2.31. The van der Waals surface area contributed by atoms with E-state index in [-0.39, 0.29) is 42.9 Å². The van der Waals surface area contributed by atoms with Crippen molar-refractivity contribution in [3.8, 4) is 5.75 Å². The summed E-state index contributed by atoms with van der Waals surface area (Å²) in [5.74, 6) is -0.332. The number of nitrogens with one attached hydrogen (secondary N) is 1. The maximum Gasteiger partial charge on any atom is 0.416 e. The van der Waals surface area contributed by atoms with Crippen LogP contribution in [0.2, 0.25) is 0 Å². The molecule has 0 aliphatic carbocycles. The van der Waals surface area contributed by atoms with Crippen LogP contribution in [0, 0.1) is 5.82 Å². The van der Waals surface area contributed by atoms with Crippen LogP contribution in [0.25, 0.3) is 0 Å². The van der Waals surface area contributed by atoms with E-state index < -0.39 is 11.7 Å². The number of halogens is 4. The van der Waals surface area contributed by atoms with Crippen molar-refractivity contribution in [1.82, 2.24) is 4.90 Å². The molecule has 0 spiro atoms. The van der Waals surface area contributed by atoms with Gasteiger partial charge in [0.2, 0.25) is 5.91 Å². The van der Waals surface area contributed by atoms with E-state index >= 15 is 0 Å². The highest BCUT2D eigenvalue weighted by Crippen LogP contribution is 2.35. The van der Waals surface area contributed by atoms with Crippen LogP contribution in [0.5, 0.6) is 5.75 Å². The van der Waals surface area contributed by atoms with E-state index in [9.17, 15) is 22.4 Å². The standard InChI is InChI=1S/C22H25F4N3O3/c1-31-12-13-32-20-7-2-16(22(24,25)26)14-19(20)27-15-21(30)29-10-8-28(9-11-29)18-5-3-17(23)4-6-18/h2-7,14,27H,8-13,15H2,1H3. The van der Waals surface area contributed by atoms with Crippen LogP contribution in [0.4, 0.5) is 28.9 Å². The topological polar surface area (TPSA) is 54.0 Å². The van der Waals surface area contributed by atoms with Crippen LogP contribution in [0.15, 0.2) is 42.5 Å². The molecule has 0 atom stereocenters. The normalized spacial score (nSPS) is 14.4. The summed E-state index contributed by atoms with van der Waals surface area (Å²) in [6.07, 6.45) is -4.51. The van der Waals surface area contributed by atoms with Crippen LogP contribution in [0.1, 0.15) is 5.56 Å². The van der Waals surface area contributed by atoms with Crippen molar-refractivity contribution in [1.29, 1.82) is 0 Å². The molecule has 1 aliphatic rings. The summed E-state index contributed by atoms with van der Waals surface area (Å²) >= 11 is 0. The van der Waals surface area contributed by atoms with E-state index in [1.165, 1.54) is 25.3 Å². The summed E-state index contributed by atoms with van der Waals surface area (Å²) in [5, 5.41) is 2.79. The summed E-state index contributed by atoms with van der Waals surface area (Å²) < 4.78 is 62.8. The van der Waals surface area contributed by atoms with Crippen molar-refractivity contribution in [2.45, 2.75) is 6.18 Å². The van der Waals surface area contributed by atoms with Gasteiger partial charge in [-0.1, -0.05) is 0 Å². The van der Waals surface area contributed by atoms with Gasteiger partial charge in [0.15, 0.2) is 0 Å². The lowest BCUT2D eigenvalue weighted by molar-refractivity contribution is -0.137. The number of rotatable bonds is 8. The van der Waals surface area contributed by atoms with E-state index in [4.69, 9.17) is 9.47 Å². The predicted octanol–water partition coefficient (Wildman–Crippen LogP) is 3.63. The average molecular weight is 455 g/mol. The van der Waals surface area contributed by atoms with Crippen molar-refractivity contribution in [2.75, 3.05) is 63.3 Å². The van der Waals surface area contributed by atoms with Crippen LogP contribution < -0.4 is 15.0 Å². The van der Waals surface area contributed by atoms with Gasteiger partial charge >= 0.3 is 6.18 Å². The number of methoxy groups -OCH3 is 1. The van der Waals surface area contributed by atoms with Crippen LogP contribution >= 0.6 is 0 Å². The maximum atomic E-state index is 13.1. The third-order valence-corrected chi connectivity index (χ3v) is 5.11. The monoisotopic (exact) mass is 455 g/mol. The van der Waals surface area contributed by atoms with Gasteiger partial charge in [-0.05, 0) is 42.5 Å². The molecule has 1 fully saturated rings. The second-order valence-corrected chi connectivity index (χ2v) is 7.25. The first kappa shape index (κ1) is 23.6. The van der Waals surface area contributed by atoms with Crippen LogP contribution in [-0.2, 0) is 15.7 Å². The predicted molar refractivity (Wildman–Crippen MR) is 112 cm³/mol. The largest absolute Gasteiger partial charge is 0.489 e. The highest BCUT2D eigenvalue weighted by atomic mass is 19.4. The zero-order chi connectivity index (χ0) is 23.1. The fourth-order valence-electron chi connectivity index (χ4n) is 3.35. The number of anilines is 2. The molecule has 10 heteroatoms. The summed E-state index contributed by atoms with van der Waals surface area (Å²) in [6.45, 7) is 2.33. The van der Waals surface area contributed by atoms with Gasteiger partial charge < -0.3 is 24.6 Å². The number of hydrogen-bond acceptors (Lipinski definition) is 5. The van der Waals surface area contributed by atoms with Gasteiger partial charge in [-0.2, -0.15) is 13.2 Å². The molecule has 1 amide bonds. The first-order chi connectivity index (χ1) is 15.3. The zero-order valence-electron chi connectivity index (χ0n) is 17.6. The number of alkyl halides is 3. The van der Waals surface area contributed by atoms with Crippen molar-refractivity contribution < 1.29 is 31.8 Å². The molecule has 1 aliphatic heterocycles. The number of hydrogen-bond donors (Lipinski definition) is 1. The zero-order valence-corrected chi connectivity index (χ0v) is 17.6. The second-order valence-electron chi connectivity index (χ2n) is 7.25. The molecule has 2 aromatic rings. The van der Waals surface area contributed by atoms with Gasteiger partial charge in [-0.15, -0.1) is 0 Å². The molecular formula is C22H25F4N3O3. The van der Waals surface area contributed by atoms with Crippen molar-refractivity contribution in [3.05, 3.63) is 53.8 Å². The van der Waals surface area contributed by atoms with Crippen LogP contribution in [0.3, 0.4) is 0 Å². The lowest BCUT2D eigenvalue weighted by Gasteiger charge is -2.36. The first-order valence-corrected chi connectivity index (χ1v) is 10.1. The first-order valence-electron chi connectivity index (χ1n) is 10.1. The van der Waals surface area contributed by atoms with Crippen molar-refractivity contribution >= 4 is 17.3 Å². The lowest BCUT2D eigenvalue weighted by Crippen LogP contribution is -2.50. The van der Waals surface area contributed by atoms with E-state index in [2.05, 4.69) is 5.32 Å². The molecule has 0 aromatic heterocycles. The molecule has 0 unspecified atom stereocenters. The molecule has 32 heavy (non-hydrogen) atoms. The minimum absolute atomic E-state index is 0.0919. The number of carbonyl (C=O) groups is 1. The fourth-order valence-corrected chi connectivity index (χ4v) is 3.35. The Morgan fingerprint density at radius 1 is 1.03 bits per heavy atom. The van der Waals surface area contributed by atoms with E-state index in [1.54, 1.807) is 17.0 Å². The minimum atomic E-state index is -4.51. The molecule has 6 nitrogen and oxygen atoms in total. The number of nitrogens with zero attached hydrogens (tertiary/aromatic N) is 2. The Morgan fingerprint density at radius 3 is 2.34 bits per heavy atom. The molecule has 0 radical (unpaired) electrons. The minimum Gasteiger partial charge on any atom is -0.489 e. The van der Waals surface area contributed by atoms with E-state index in [0.29, 0.717) is 26.2 Å². The second kappa shape index (κ2) is 10.5. The average Bonchev–Trinajstić information content (AvgIpc) is 2.78. The molecule has 3 rings (SSSR count). The van der Waals surface area contributed by atoms with Gasteiger partial charge in [0, 0.05) is 39.0 Å². The summed E-state index contributed by atoms with van der Waals surface area (Å²) in [4.78, 5) is 16.3. The van der Waals surface area contributed by atoms with Gasteiger partial charge in [-0.3, -0.25) is 4.79 Å². The Bertz CT molecular complexity index is 898. The Kier molecular flexibility index (Phi) is 7.79. The number of benzene rings is 2. The van der Waals surface area contributed by atoms with E-state index in [0.717, 1.165) is 17.8 Å². The molecule has 1 heterocycles. The summed E-state index contributed by atoms with van der Waals surface area (Å²) in [7, 11) is 1.49. The Hall–Kier alpha value is -3.01. The molecule has 174 valence electrons. The Balaban J connectivity index is 1.59.